The number of fused-ring (bicyclic) bond motifs is 2. The summed E-state index contributed by atoms with van der Waals surface area (Å²) in [6, 6.07) is 29.1. The highest BCUT2D eigenvalue weighted by atomic mass is 16.4. The van der Waals surface area contributed by atoms with Gasteiger partial charge in [-0.3, -0.25) is 10.8 Å². The molecule has 7 rings (SSSR count). The number of carboxylic acid groups (broad SMARTS) is 2. The summed E-state index contributed by atoms with van der Waals surface area (Å²) >= 11 is 0. The molecule has 7 aromatic rings. The Morgan fingerprint density at radius 2 is 0.932 bits per heavy atom. The molecule has 8 heteroatoms. The first-order valence-electron chi connectivity index (χ1n) is 13.6. The molecule has 0 saturated carbocycles. The molecule has 0 atom stereocenters. The van der Waals surface area contributed by atoms with Gasteiger partial charge in [0.05, 0.1) is 22.3 Å². The van der Waals surface area contributed by atoms with E-state index in [2.05, 4.69) is 0 Å². The van der Waals surface area contributed by atoms with Crippen molar-refractivity contribution in [2.24, 2.45) is 0 Å². The van der Waals surface area contributed by atoms with Gasteiger partial charge < -0.3 is 20.4 Å². The fourth-order valence-corrected chi connectivity index (χ4v) is 6.73. The van der Waals surface area contributed by atoms with Crippen molar-refractivity contribution in [2.75, 3.05) is 0 Å². The molecule has 6 N–H and O–H groups in total. The molecule has 0 radical (unpaired) electrons. The minimum absolute atomic E-state index is 0.171. The van der Waals surface area contributed by atoms with E-state index in [4.69, 9.17) is 10.8 Å². The van der Waals surface area contributed by atoms with Crippen LogP contribution in [-0.4, -0.2) is 44.2 Å². The van der Waals surface area contributed by atoms with Crippen molar-refractivity contribution in [3.63, 3.8) is 0 Å². The van der Waals surface area contributed by atoms with Crippen molar-refractivity contribution < 1.29 is 30.0 Å². The van der Waals surface area contributed by atoms with Gasteiger partial charge in [-0.2, -0.15) is 0 Å². The van der Waals surface area contributed by atoms with Gasteiger partial charge in [-0.05, 0) is 43.6 Å². The maximum absolute atomic E-state index is 13.4. The van der Waals surface area contributed by atoms with Crippen LogP contribution in [0, 0.1) is 10.8 Å². The minimum Gasteiger partial charge on any atom is -0.493 e. The van der Waals surface area contributed by atoms with E-state index in [0.29, 0.717) is 32.8 Å². The lowest BCUT2D eigenvalue weighted by Gasteiger charge is -2.26. The van der Waals surface area contributed by atoms with Crippen LogP contribution in [0.2, 0.25) is 0 Å². The Labute approximate surface area is 249 Å². The van der Waals surface area contributed by atoms with Gasteiger partial charge in [-0.25, -0.2) is 9.59 Å². The Hall–Kier alpha value is -6.28. The molecule has 8 nitrogen and oxygen atoms in total. The molecule has 0 aliphatic rings. The summed E-state index contributed by atoms with van der Waals surface area (Å²) in [5.74, 6) is -5.32. The lowest BCUT2D eigenvalue weighted by atomic mass is 9.76. The minimum atomic E-state index is -1.62. The maximum Gasteiger partial charge on any atom is 0.337 e. The molecule has 7 aromatic carbocycles. The standard InChI is InChI=1S/C36H22N2O6/c37-33(39)29-26-21-16-8-14-17-13-7-15-20(22(17)21)25-23(18-9-3-1-4-10-18)24(19-11-5-2-6-12-19)31(35(41)42)28(27(25)26)32(36(43)44)30(29)34(38)40/h1-16H,(H2,37,39)(H2,38,40)(H,41,42)(H,43,44). The van der Waals surface area contributed by atoms with Gasteiger partial charge >= 0.3 is 11.9 Å². The third-order valence-electron chi connectivity index (χ3n) is 8.22. The summed E-state index contributed by atoms with van der Waals surface area (Å²) in [7, 11) is 0. The molecule has 0 aromatic heterocycles. The van der Waals surface area contributed by atoms with E-state index in [-0.39, 0.29) is 32.8 Å². The summed E-state index contributed by atoms with van der Waals surface area (Å²) < 4.78 is 0. The van der Waals surface area contributed by atoms with Crippen LogP contribution < -0.4 is 0 Å². The number of hydrogen-bond donors (Lipinski definition) is 6. The van der Waals surface area contributed by atoms with Gasteiger partial charge in [0.2, 0.25) is 11.8 Å². The lowest BCUT2D eigenvalue weighted by molar-refractivity contribution is 0.0695. The number of aliphatic hydroxyl groups is 2. The average molecular weight is 579 g/mol. The van der Waals surface area contributed by atoms with Gasteiger partial charge in [-0.15, -0.1) is 0 Å². The summed E-state index contributed by atoms with van der Waals surface area (Å²) in [6.45, 7) is 0. The van der Waals surface area contributed by atoms with Crippen LogP contribution in [0.1, 0.15) is 31.8 Å². The Kier molecular flexibility index (Phi) is 5.83. The van der Waals surface area contributed by atoms with Crippen molar-refractivity contribution in [1.29, 1.82) is 10.8 Å². The van der Waals surface area contributed by atoms with E-state index < -0.39 is 34.9 Å². The molecule has 0 unspecified atom stereocenters. The van der Waals surface area contributed by atoms with Gasteiger partial charge in [0.15, 0.2) is 0 Å². The number of carbonyl (C=O) groups is 2. The van der Waals surface area contributed by atoms with Crippen LogP contribution in [-0.2, 0) is 0 Å². The molecule has 0 spiro atoms. The Balaban J connectivity index is 2.02. The van der Waals surface area contributed by atoms with Crippen LogP contribution >= 0.6 is 0 Å². The van der Waals surface area contributed by atoms with Crippen molar-refractivity contribution in [1.82, 2.24) is 0 Å². The molecule has 0 aliphatic heterocycles. The SMILES string of the molecule is N=C(O)c1c(C(=O)O)c2c(C(=O)O)c(-c3ccccc3)c(-c3ccccc3)c3c4cccc5cccc(c(c1C(=N)O)c23)c54. The summed E-state index contributed by atoms with van der Waals surface area (Å²) in [5, 5.41) is 63.1. The topological polar surface area (TPSA) is 163 Å². The number of rotatable bonds is 6. The number of hydrogen-bond acceptors (Lipinski definition) is 4. The Bertz CT molecular complexity index is 2380. The van der Waals surface area contributed by atoms with E-state index in [1.165, 1.54) is 0 Å². The first-order chi connectivity index (χ1) is 21.2. The maximum atomic E-state index is 13.4. The normalized spacial score (nSPS) is 11.5. The first kappa shape index (κ1) is 26.6. The molecular weight excluding hydrogens is 556 g/mol. The molecule has 0 aliphatic carbocycles. The predicted octanol–water partition coefficient (Wildman–Crippen LogP) is 8.23. The molecule has 0 fully saturated rings. The largest absolute Gasteiger partial charge is 0.493 e. The molecule has 0 bridgehead atoms. The molecule has 0 saturated heterocycles. The van der Waals surface area contributed by atoms with Crippen LogP contribution in [0.3, 0.4) is 0 Å². The van der Waals surface area contributed by atoms with E-state index in [1.54, 1.807) is 42.5 Å². The second-order valence-electron chi connectivity index (χ2n) is 10.5. The van der Waals surface area contributed by atoms with Gasteiger partial charge in [0.25, 0.3) is 0 Å². The van der Waals surface area contributed by atoms with E-state index in [1.807, 2.05) is 54.6 Å². The summed E-state index contributed by atoms with van der Waals surface area (Å²) in [5.41, 5.74) is -0.0424. The monoisotopic (exact) mass is 578 g/mol. The van der Waals surface area contributed by atoms with Crippen molar-refractivity contribution >= 4 is 66.8 Å². The first-order valence-corrected chi connectivity index (χ1v) is 13.6. The van der Waals surface area contributed by atoms with Gasteiger partial charge in [-0.1, -0.05) is 97.1 Å². The van der Waals surface area contributed by atoms with Crippen LogP contribution in [0.15, 0.2) is 97.1 Å². The van der Waals surface area contributed by atoms with Crippen molar-refractivity contribution in [3.8, 4) is 22.3 Å². The average Bonchev–Trinajstić information content (AvgIpc) is 3.02. The lowest BCUT2D eigenvalue weighted by Crippen LogP contribution is -2.19. The quantitative estimate of drug-likeness (QED) is 0.0504. The highest BCUT2D eigenvalue weighted by Crippen LogP contribution is 2.52. The highest BCUT2D eigenvalue weighted by molar-refractivity contribution is 6.43. The number of aliphatic hydroxyl groups excluding tert-OH is 2. The Morgan fingerprint density at radius 3 is 1.43 bits per heavy atom. The van der Waals surface area contributed by atoms with Crippen LogP contribution in [0.25, 0.3) is 65.3 Å². The zero-order chi connectivity index (χ0) is 30.9. The zero-order valence-corrected chi connectivity index (χ0v) is 22.8. The summed E-state index contributed by atoms with van der Waals surface area (Å²) in [4.78, 5) is 26.5. The smallest absolute Gasteiger partial charge is 0.337 e. The zero-order valence-electron chi connectivity index (χ0n) is 22.8. The van der Waals surface area contributed by atoms with Gasteiger partial charge in [0.1, 0.15) is 0 Å². The number of aromatic carboxylic acids is 2. The molecule has 0 heterocycles. The Morgan fingerprint density at radius 1 is 0.432 bits per heavy atom. The van der Waals surface area contributed by atoms with Gasteiger partial charge in [0, 0.05) is 21.7 Å². The number of carboxylic acids is 2. The molecule has 0 amide bonds. The molecular formula is C36H22N2O6. The fraction of sp³-hybridized carbons (Fsp3) is 0. The molecule has 44 heavy (non-hydrogen) atoms. The van der Waals surface area contributed by atoms with Crippen molar-refractivity contribution in [2.45, 2.75) is 0 Å². The highest BCUT2D eigenvalue weighted by Gasteiger charge is 2.35. The molecule has 212 valence electrons. The summed E-state index contributed by atoms with van der Waals surface area (Å²) in [6.07, 6.45) is 0. The van der Waals surface area contributed by atoms with E-state index in [0.717, 1.165) is 10.8 Å². The van der Waals surface area contributed by atoms with Crippen LogP contribution in [0.5, 0.6) is 0 Å². The van der Waals surface area contributed by atoms with Crippen molar-refractivity contribution in [3.05, 3.63) is 119 Å². The number of benzene rings is 7. The second-order valence-corrected chi connectivity index (χ2v) is 10.5. The predicted molar refractivity (Wildman–Crippen MR) is 171 cm³/mol. The van der Waals surface area contributed by atoms with E-state index >= 15 is 0 Å². The third kappa shape index (κ3) is 3.58. The third-order valence-corrected chi connectivity index (χ3v) is 8.22. The second kappa shape index (κ2) is 9.64. The van der Waals surface area contributed by atoms with E-state index in [9.17, 15) is 30.0 Å². The van der Waals surface area contributed by atoms with Crippen LogP contribution in [0.4, 0.5) is 0 Å². The fourth-order valence-electron chi connectivity index (χ4n) is 6.73. The number of nitrogens with one attached hydrogen (secondary N) is 2.